The summed E-state index contributed by atoms with van der Waals surface area (Å²) in [6.45, 7) is 2.92. The maximum Gasteiger partial charge on any atom is 0.387 e. The minimum Gasteiger partial charge on any atom is -0.493 e. The zero-order chi connectivity index (χ0) is 20.4. The molecule has 1 aromatic heterocycles. The van der Waals surface area contributed by atoms with Crippen molar-refractivity contribution in [3.05, 3.63) is 41.7 Å². The van der Waals surface area contributed by atoms with Crippen molar-refractivity contribution in [2.24, 2.45) is 12.0 Å². The maximum absolute atomic E-state index is 12.8. The SMILES string of the molecule is CCCOc1ccc(CNC(=NCc2cnn(C)c2)NCC)c(OC(F)F)c1. The second kappa shape index (κ2) is 11.1. The van der Waals surface area contributed by atoms with Crippen LogP contribution in [0.2, 0.25) is 0 Å². The van der Waals surface area contributed by atoms with Crippen molar-refractivity contribution in [2.45, 2.75) is 40.0 Å². The summed E-state index contributed by atoms with van der Waals surface area (Å²) in [7, 11) is 1.84. The molecule has 0 aliphatic carbocycles. The van der Waals surface area contributed by atoms with Gasteiger partial charge >= 0.3 is 6.61 Å². The molecule has 2 rings (SSSR count). The van der Waals surface area contributed by atoms with E-state index in [1.165, 1.54) is 6.07 Å². The molecule has 0 saturated heterocycles. The molecule has 154 valence electrons. The molecule has 0 unspecified atom stereocenters. The van der Waals surface area contributed by atoms with Crippen molar-refractivity contribution < 1.29 is 18.3 Å². The number of nitrogens with zero attached hydrogens (tertiary/aromatic N) is 3. The molecule has 0 aliphatic rings. The number of benzene rings is 1. The van der Waals surface area contributed by atoms with Crippen LogP contribution < -0.4 is 20.1 Å². The number of guanidine groups is 1. The van der Waals surface area contributed by atoms with Gasteiger partial charge in [0.2, 0.25) is 0 Å². The van der Waals surface area contributed by atoms with Gasteiger partial charge in [0.15, 0.2) is 5.96 Å². The van der Waals surface area contributed by atoms with E-state index in [1.807, 2.05) is 27.1 Å². The predicted octanol–water partition coefficient (Wildman–Crippen LogP) is 3.07. The van der Waals surface area contributed by atoms with Gasteiger partial charge in [-0.3, -0.25) is 4.68 Å². The molecule has 0 saturated carbocycles. The number of aryl methyl sites for hydroxylation is 1. The first-order valence-electron chi connectivity index (χ1n) is 9.22. The summed E-state index contributed by atoms with van der Waals surface area (Å²) >= 11 is 0. The van der Waals surface area contributed by atoms with Crippen molar-refractivity contribution in [2.75, 3.05) is 13.2 Å². The van der Waals surface area contributed by atoms with E-state index in [4.69, 9.17) is 4.74 Å². The summed E-state index contributed by atoms with van der Waals surface area (Å²) in [6.07, 6.45) is 4.46. The maximum atomic E-state index is 12.8. The summed E-state index contributed by atoms with van der Waals surface area (Å²) < 4.78 is 37.4. The average molecular weight is 395 g/mol. The standard InChI is InChI=1S/C19H27F2N5O2/c1-4-8-27-16-7-6-15(17(9-16)28-18(20)21)12-24-19(22-5-2)23-10-14-11-25-26(3)13-14/h6-7,9,11,13,18H,4-5,8,10,12H2,1-3H3,(H2,22,23,24). The Balaban J connectivity index is 2.07. The Labute approximate surface area is 163 Å². The number of halogens is 2. The van der Waals surface area contributed by atoms with Gasteiger partial charge < -0.3 is 20.1 Å². The number of hydrogen-bond acceptors (Lipinski definition) is 4. The monoisotopic (exact) mass is 395 g/mol. The van der Waals surface area contributed by atoms with Crippen LogP contribution in [0.5, 0.6) is 11.5 Å². The van der Waals surface area contributed by atoms with Crippen LogP contribution in [-0.2, 0) is 20.1 Å². The molecule has 0 atom stereocenters. The van der Waals surface area contributed by atoms with Crippen LogP contribution in [0.25, 0.3) is 0 Å². The van der Waals surface area contributed by atoms with Gasteiger partial charge in [-0.2, -0.15) is 13.9 Å². The van der Waals surface area contributed by atoms with E-state index in [2.05, 4.69) is 25.5 Å². The van der Waals surface area contributed by atoms with Gasteiger partial charge in [-0.15, -0.1) is 0 Å². The second-order valence-corrected chi connectivity index (χ2v) is 6.07. The molecule has 9 heteroatoms. The quantitative estimate of drug-likeness (QED) is 0.478. The molecule has 0 amide bonds. The van der Waals surface area contributed by atoms with Crippen molar-refractivity contribution in [1.29, 1.82) is 0 Å². The Morgan fingerprint density at radius 1 is 1.29 bits per heavy atom. The number of alkyl halides is 2. The summed E-state index contributed by atoms with van der Waals surface area (Å²) in [6, 6.07) is 4.93. The first kappa shape index (κ1) is 21.5. The molecule has 0 spiro atoms. The van der Waals surface area contributed by atoms with E-state index >= 15 is 0 Å². The highest BCUT2D eigenvalue weighted by Crippen LogP contribution is 2.26. The first-order valence-corrected chi connectivity index (χ1v) is 9.22. The Kier molecular flexibility index (Phi) is 8.51. The molecule has 0 aliphatic heterocycles. The highest BCUT2D eigenvalue weighted by molar-refractivity contribution is 5.79. The lowest BCUT2D eigenvalue weighted by atomic mass is 10.2. The van der Waals surface area contributed by atoms with Crippen LogP contribution >= 0.6 is 0 Å². The van der Waals surface area contributed by atoms with E-state index in [1.54, 1.807) is 23.0 Å². The Bertz CT molecular complexity index is 765. The van der Waals surface area contributed by atoms with E-state index in [0.29, 0.717) is 37.0 Å². The summed E-state index contributed by atoms with van der Waals surface area (Å²) in [5.74, 6) is 1.15. The van der Waals surface area contributed by atoms with Crippen LogP contribution in [0.4, 0.5) is 8.78 Å². The molecule has 0 fully saturated rings. The van der Waals surface area contributed by atoms with Gasteiger partial charge in [-0.25, -0.2) is 4.99 Å². The lowest BCUT2D eigenvalue weighted by Gasteiger charge is -2.15. The number of rotatable bonds is 10. The molecule has 0 bridgehead atoms. The van der Waals surface area contributed by atoms with Crippen LogP contribution in [0.1, 0.15) is 31.4 Å². The Morgan fingerprint density at radius 3 is 2.75 bits per heavy atom. The highest BCUT2D eigenvalue weighted by Gasteiger charge is 2.12. The van der Waals surface area contributed by atoms with Crippen molar-refractivity contribution >= 4 is 5.96 Å². The van der Waals surface area contributed by atoms with Crippen LogP contribution in [0, 0.1) is 0 Å². The van der Waals surface area contributed by atoms with Gasteiger partial charge in [0, 0.05) is 43.5 Å². The lowest BCUT2D eigenvalue weighted by molar-refractivity contribution is -0.0505. The van der Waals surface area contributed by atoms with Crippen LogP contribution in [0.15, 0.2) is 35.6 Å². The molecule has 2 N–H and O–H groups in total. The lowest BCUT2D eigenvalue weighted by Crippen LogP contribution is -2.36. The summed E-state index contributed by atoms with van der Waals surface area (Å²) in [5.41, 5.74) is 1.55. The third-order valence-electron chi connectivity index (χ3n) is 3.70. The topological polar surface area (TPSA) is 72.7 Å². The van der Waals surface area contributed by atoms with Crippen molar-refractivity contribution in [1.82, 2.24) is 20.4 Å². The van der Waals surface area contributed by atoms with Gasteiger partial charge in [-0.05, 0) is 25.5 Å². The molecule has 0 radical (unpaired) electrons. The van der Waals surface area contributed by atoms with Gasteiger partial charge in [0.25, 0.3) is 0 Å². The number of nitrogens with one attached hydrogen (secondary N) is 2. The largest absolute Gasteiger partial charge is 0.493 e. The first-order chi connectivity index (χ1) is 13.5. The van der Waals surface area contributed by atoms with Crippen LogP contribution in [0.3, 0.4) is 0 Å². The van der Waals surface area contributed by atoms with E-state index < -0.39 is 6.61 Å². The van der Waals surface area contributed by atoms with Crippen LogP contribution in [-0.4, -0.2) is 35.5 Å². The Morgan fingerprint density at radius 2 is 2.11 bits per heavy atom. The van der Waals surface area contributed by atoms with Gasteiger partial charge in [-0.1, -0.05) is 6.92 Å². The molecule has 1 heterocycles. The summed E-state index contributed by atoms with van der Waals surface area (Å²) in [4.78, 5) is 4.49. The third-order valence-corrected chi connectivity index (χ3v) is 3.70. The molecule has 2 aromatic rings. The third kappa shape index (κ3) is 7.05. The van der Waals surface area contributed by atoms with Gasteiger partial charge in [0.1, 0.15) is 11.5 Å². The number of aromatic nitrogens is 2. The van der Waals surface area contributed by atoms with Crippen molar-refractivity contribution in [3.63, 3.8) is 0 Å². The fourth-order valence-corrected chi connectivity index (χ4v) is 2.44. The van der Waals surface area contributed by atoms with Gasteiger partial charge in [0.05, 0.1) is 19.3 Å². The smallest absolute Gasteiger partial charge is 0.387 e. The molecular formula is C19H27F2N5O2. The molecule has 7 nitrogen and oxygen atoms in total. The fourth-order valence-electron chi connectivity index (χ4n) is 2.44. The fraction of sp³-hybridized carbons (Fsp3) is 0.474. The van der Waals surface area contributed by atoms with E-state index in [-0.39, 0.29) is 12.3 Å². The zero-order valence-electron chi connectivity index (χ0n) is 16.4. The number of hydrogen-bond donors (Lipinski definition) is 2. The van der Waals surface area contributed by atoms with Crippen molar-refractivity contribution in [3.8, 4) is 11.5 Å². The zero-order valence-corrected chi connectivity index (χ0v) is 16.4. The highest BCUT2D eigenvalue weighted by atomic mass is 19.3. The number of ether oxygens (including phenoxy) is 2. The second-order valence-electron chi connectivity index (χ2n) is 6.07. The van der Waals surface area contributed by atoms with E-state index in [0.717, 1.165) is 12.0 Å². The van der Waals surface area contributed by atoms with E-state index in [9.17, 15) is 8.78 Å². The molecule has 1 aromatic carbocycles. The predicted molar refractivity (Wildman–Crippen MR) is 104 cm³/mol. The Hall–Kier alpha value is -2.84. The minimum atomic E-state index is -2.91. The normalized spacial score (nSPS) is 11.6. The number of aliphatic imine (C=N–C) groups is 1. The summed E-state index contributed by atoms with van der Waals surface area (Å²) in [5, 5.41) is 10.4. The molecular weight excluding hydrogens is 368 g/mol. The minimum absolute atomic E-state index is 0.0826. The average Bonchev–Trinajstić information content (AvgIpc) is 3.08. The molecule has 28 heavy (non-hydrogen) atoms.